The number of aliphatic hydroxyl groups excluding tert-OH is 1. The zero-order valence-corrected chi connectivity index (χ0v) is 26.5. The second-order valence-corrected chi connectivity index (χ2v) is 11.9. The number of allylic oxidation sites excluding steroid dienone is 2. The maximum atomic E-state index is 11.5. The Morgan fingerprint density at radius 2 is 1.57 bits per heavy atom. The third kappa shape index (κ3) is 8.86. The molecule has 3 rings (SSSR count). The van der Waals surface area contributed by atoms with Crippen LogP contribution in [0.4, 0.5) is 0 Å². The molecule has 0 aliphatic carbocycles. The van der Waals surface area contributed by atoms with Crippen molar-refractivity contribution in [1.29, 1.82) is 0 Å². The Labute approximate surface area is 237 Å². The summed E-state index contributed by atoms with van der Waals surface area (Å²) in [5.41, 5.74) is 4.04. The molecular weight excluding hydrogens is 637 g/mol. The molecule has 3 aromatic rings. The van der Waals surface area contributed by atoms with Gasteiger partial charge in [0, 0.05) is 61.0 Å². The fourth-order valence-electron chi connectivity index (χ4n) is 3.54. The number of aryl methyl sites for hydroxylation is 1. The number of carbonyl (C=O) groups excluding carboxylic acids is 1. The standard InChI is InChI=1S/C21H23N2.C11H20O2.Ir/c1-5-21(4,6-2)19-10-15(3)9-17(11-19)20-12-16-7-8-22-13-18(16)14-23-20;1-10(2,3)8(12)7-9(13)11(4,5)6;/h7-8,10-14H,5-6H2,1-4H3;7,12H,1-6H3;/q-1;;/b;8-7-;. The van der Waals surface area contributed by atoms with Crippen LogP contribution in [0, 0.1) is 23.8 Å². The molecule has 5 heteroatoms. The average molecular weight is 680 g/mol. The Kier molecular flexibility index (Phi) is 11.4. The van der Waals surface area contributed by atoms with Gasteiger partial charge in [-0.15, -0.1) is 34.9 Å². The molecule has 0 aliphatic heterocycles. The fourth-order valence-corrected chi connectivity index (χ4v) is 3.54. The molecule has 1 aromatic carbocycles. The van der Waals surface area contributed by atoms with E-state index >= 15 is 0 Å². The zero-order chi connectivity index (χ0) is 27.3. The van der Waals surface area contributed by atoms with Gasteiger partial charge in [0.2, 0.25) is 0 Å². The van der Waals surface area contributed by atoms with Crippen molar-refractivity contribution in [2.24, 2.45) is 10.8 Å². The Morgan fingerprint density at radius 1 is 0.946 bits per heavy atom. The van der Waals surface area contributed by atoms with Crippen LogP contribution in [0.15, 0.2) is 54.7 Å². The van der Waals surface area contributed by atoms with Gasteiger partial charge in [0.25, 0.3) is 0 Å². The van der Waals surface area contributed by atoms with Gasteiger partial charge in [0.1, 0.15) is 5.76 Å². The van der Waals surface area contributed by atoms with Gasteiger partial charge in [-0.2, -0.15) is 0 Å². The molecule has 0 saturated heterocycles. The van der Waals surface area contributed by atoms with Crippen LogP contribution in [0.1, 0.15) is 86.3 Å². The summed E-state index contributed by atoms with van der Waals surface area (Å²) >= 11 is 0. The van der Waals surface area contributed by atoms with Crippen molar-refractivity contribution in [2.75, 3.05) is 0 Å². The predicted molar refractivity (Wildman–Crippen MR) is 151 cm³/mol. The van der Waals surface area contributed by atoms with Crippen LogP contribution in [0.2, 0.25) is 0 Å². The first-order valence-corrected chi connectivity index (χ1v) is 12.8. The van der Waals surface area contributed by atoms with Crippen molar-refractivity contribution >= 4 is 16.6 Å². The predicted octanol–water partition coefficient (Wildman–Crippen LogP) is 8.57. The molecule has 0 amide bonds. The summed E-state index contributed by atoms with van der Waals surface area (Å²) < 4.78 is 0. The Bertz CT molecular complexity index is 1230. The van der Waals surface area contributed by atoms with E-state index in [1.165, 1.54) is 17.2 Å². The number of ketones is 1. The first kappa shape index (κ1) is 32.7. The fraction of sp³-hybridized carbons (Fsp3) is 0.469. The molecule has 0 atom stereocenters. The summed E-state index contributed by atoms with van der Waals surface area (Å²) in [5.74, 6) is 0.104. The van der Waals surface area contributed by atoms with Gasteiger partial charge in [-0.25, -0.2) is 0 Å². The van der Waals surface area contributed by atoms with Gasteiger partial charge < -0.3 is 10.1 Å². The van der Waals surface area contributed by atoms with E-state index in [0.717, 1.165) is 34.9 Å². The van der Waals surface area contributed by atoms with Crippen molar-refractivity contribution in [3.63, 3.8) is 0 Å². The average Bonchev–Trinajstić information content (AvgIpc) is 2.82. The smallest absolute Gasteiger partial charge is 0.164 e. The first-order valence-electron chi connectivity index (χ1n) is 12.8. The van der Waals surface area contributed by atoms with Gasteiger partial charge in [0.15, 0.2) is 5.78 Å². The van der Waals surface area contributed by atoms with E-state index in [0.29, 0.717) is 0 Å². The summed E-state index contributed by atoms with van der Waals surface area (Å²) in [6.45, 7) is 20.1. The minimum atomic E-state index is -0.417. The number of hydrogen-bond acceptors (Lipinski definition) is 4. The van der Waals surface area contributed by atoms with E-state index in [2.05, 4.69) is 61.9 Å². The molecule has 1 radical (unpaired) electrons. The van der Waals surface area contributed by atoms with E-state index in [1.807, 2.05) is 66.2 Å². The quantitative estimate of drug-likeness (QED) is 0.167. The molecule has 203 valence electrons. The largest absolute Gasteiger partial charge is 0.512 e. The van der Waals surface area contributed by atoms with Crippen LogP contribution in [-0.4, -0.2) is 20.9 Å². The molecule has 0 bridgehead atoms. The number of aromatic nitrogens is 2. The Hall–Kier alpha value is -2.36. The second-order valence-electron chi connectivity index (χ2n) is 11.9. The van der Waals surface area contributed by atoms with Crippen molar-refractivity contribution in [2.45, 2.75) is 87.5 Å². The number of aliphatic hydroxyl groups is 1. The summed E-state index contributed by atoms with van der Waals surface area (Å²) in [6, 6.07) is 12.1. The Morgan fingerprint density at radius 3 is 2.11 bits per heavy atom. The van der Waals surface area contributed by atoms with Crippen LogP contribution in [-0.2, 0) is 30.3 Å². The van der Waals surface area contributed by atoms with Crippen LogP contribution in [0.25, 0.3) is 22.0 Å². The van der Waals surface area contributed by atoms with Gasteiger partial charge in [-0.05, 0) is 35.4 Å². The molecule has 0 unspecified atom stereocenters. The number of nitrogens with zero attached hydrogens (tertiary/aromatic N) is 2. The van der Waals surface area contributed by atoms with Crippen LogP contribution >= 0.6 is 0 Å². The molecule has 0 spiro atoms. The maximum Gasteiger partial charge on any atom is 0.164 e. The third-order valence-corrected chi connectivity index (χ3v) is 6.83. The van der Waals surface area contributed by atoms with E-state index in [-0.39, 0.29) is 42.5 Å². The molecule has 0 fully saturated rings. The normalized spacial score (nSPS) is 12.4. The second kappa shape index (κ2) is 12.9. The monoisotopic (exact) mass is 680 g/mol. The molecular formula is C32H43IrN2O2-. The minimum absolute atomic E-state index is 0. The number of rotatable bonds is 5. The van der Waals surface area contributed by atoms with E-state index < -0.39 is 5.41 Å². The summed E-state index contributed by atoms with van der Waals surface area (Å²) in [7, 11) is 0. The molecule has 0 saturated carbocycles. The first-order chi connectivity index (χ1) is 16.6. The number of carbonyl (C=O) groups is 1. The van der Waals surface area contributed by atoms with Crippen LogP contribution in [0.5, 0.6) is 0 Å². The molecule has 4 nitrogen and oxygen atoms in total. The minimum Gasteiger partial charge on any atom is -0.512 e. The van der Waals surface area contributed by atoms with Gasteiger partial charge in [0.05, 0.1) is 0 Å². The summed E-state index contributed by atoms with van der Waals surface area (Å²) in [4.78, 5) is 20.3. The van der Waals surface area contributed by atoms with Crippen molar-refractivity contribution in [3.05, 3.63) is 71.9 Å². The molecule has 2 aromatic heterocycles. The maximum absolute atomic E-state index is 11.5. The van der Waals surface area contributed by atoms with E-state index in [9.17, 15) is 9.90 Å². The summed E-state index contributed by atoms with van der Waals surface area (Å²) in [6.07, 6.45) is 9.16. The molecule has 37 heavy (non-hydrogen) atoms. The number of benzene rings is 1. The van der Waals surface area contributed by atoms with Gasteiger partial charge >= 0.3 is 0 Å². The zero-order valence-electron chi connectivity index (χ0n) is 24.1. The van der Waals surface area contributed by atoms with Crippen molar-refractivity contribution < 1.29 is 30.0 Å². The molecule has 2 heterocycles. The topological polar surface area (TPSA) is 63.1 Å². The van der Waals surface area contributed by atoms with Crippen LogP contribution < -0.4 is 0 Å². The van der Waals surface area contributed by atoms with Crippen molar-refractivity contribution in [3.8, 4) is 11.3 Å². The third-order valence-electron chi connectivity index (χ3n) is 6.83. The van der Waals surface area contributed by atoms with Crippen LogP contribution in [0.3, 0.4) is 0 Å². The van der Waals surface area contributed by atoms with E-state index in [4.69, 9.17) is 0 Å². The number of fused-ring (bicyclic) bond motifs is 1. The summed E-state index contributed by atoms with van der Waals surface area (Å²) in [5, 5.41) is 11.8. The van der Waals surface area contributed by atoms with E-state index in [1.54, 1.807) is 0 Å². The molecule has 1 N–H and O–H groups in total. The van der Waals surface area contributed by atoms with Crippen molar-refractivity contribution in [1.82, 2.24) is 9.97 Å². The van der Waals surface area contributed by atoms with Gasteiger partial charge in [-0.3, -0.25) is 9.78 Å². The SMILES string of the molecule is CC(C)(C)C(=O)/C=C(\O)C(C)(C)C.CCC(C)(CC)c1cc(C)[c-]c(-c2cc3ccncc3cn2)c1.[Ir]. The number of hydrogen-bond donors (Lipinski definition) is 1. The Balaban J connectivity index is 0.000000423. The molecule has 0 aliphatic rings. The number of pyridine rings is 2. The van der Waals surface area contributed by atoms with Gasteiger partial charge in [-0.1, -0.05) is 75.3 Å².